The maximum Gasteiger partial charge on any atom is 0.251 e. The molecule has 6 rings (SSSR count). The molecule has 0 radical (unpaired) electrons. The molecule has 1 aromatic heterocycles. The van der Waals surface area contributed by atoms with Crippen LogP contribution in [-0.2, 0) is 31.0 Å². The summed E-state index contributed by atoms with van der Waals surface area (Å²) in [4.78, 5) is 42.1. The number of nitrogens with one attached hydrogen (secondary N) is 3. The van der Waals surface area contributed by atoms with Gasteiger partial charge >= 0.3 is 0 Å². The molecule has 3 heterocycles. The van der Waals surface area contributed by atoms with Crippen LogP contribution in [0.3, 0.4) is 0 Å². The van der Waals surface area contributed by atoms with Gasteiger partial charge in [-0.25, -0.2) is 0 Å². The minimum atomic E-state index is -1.04. The molecule has 2 saturated heterocycles. The summed E-state index contributed by atoms with van der Waals surface area (Å²) in [5, 5.41) is 15.0. The van der Waals surface area contributed by atoms with Crippen molar-refractivity contribution in [3.05, 3.63) is 81.0 Å². The van der Waals surface area contributed by atoms with Crippen molar-refractivity contribution in [1.82, 2.24) is 15.5 Å². The van der Waals surface area contributed by atoms with E-state index in [-0.39, 0.29) is 49.1 Å². The van der Waals surface area contributed by atoms with E-state index in [2.05, 4.69) is 36.6 Å². The molecule has 2 aromatic carbocycles. The van der Waals surface area contributed by atoms with Crippen molar-refractivity contribution in [3.8, 4) is 11.1 Å². The van der Waals surface area contributed by atoms with Gasteiger partial charge in [0.1, 0.15) is 11.9 Å². The molecule has 10 nitrogen and oxygen atoms in total. The molecule has 2 fully saturated rings. The fraction of sp³-hybridized carbons (Fsp3) is 0.355. The van der Waals surface area contributed by atoms with E-state index >= 15 is 0 Å². The van der Waals surface area contributed by atoms with Gasteiger partial charge in [0.15, 0.2) is 5.79 Å². The molecule has 3 aliphatic rings. The van der Waals surface area contributed by atoms with Crippen LogP contribution in [0.15, 0.2) is 53.9 Å². The number of nitrogens with zero attached hydrogens (tertiary/aromatic N) is 1. The van der Waals surface area contributed by atoms with Gasteiger partial charge in [0.05, 0.1) is 32.8 Å². The Bertz CT molecular complexity index is 1590. The van der Waals surface area contributed by atoms with Crippen molar-refractivity contribution in [2.45, 2.75) is 44.1 Å². The smallest absolute Gasteiger partial charge is 0.251 e. The quantitative estimate of drug-likeness (QED) is 0.247. The maximum atomic E-state index is 13.4. The van der Waals surface area contributed by atoms with E-state index in [1.54, 1.807) is 17.5 Å². The number of amides is 3. The molecule has 2 aliphatic heterocycles. The zero-order chi connectivity index (χ0) is 29.6. The number of hydrogen-bond acceptors (Lipinski definition) is 7. The molecule has 1 aliphatic carbocycles. The Morgan fingerprint density at radius 1 is 1.02 bits per heavy atom. The number of thiophene rings is 1. The highest BCUT2D eigenvalue weighted by Crippen LogP contribution is 2.48. The average molecular weight is 588 g/mol. The molecule has 218 valence electrons. The zero-order valence-corrected chi connectivity index (χ0v) is 24.3. The van der Waals surface area contributed by atoms with Crippen molar-refractivity contribution in [2.24, 2.45) is 5.73 Å². The topological polar surface area (TPSA) is 147 Å². The van der Waals surface area contributed by atoms with Crippen molar-refractivity contribution in [3.63, 3.8) is 0 Å². The van der Waals surface area contributed by atoms with Crippen molar-refractivity contribution < 1.29 is 23.9 Å². The summed E-state index contributed by atoms with van der Waals surface area (Å²) in [6.07, 6.45) is 0.196. The van der Waals surface area contributed by atoms with Crippen LogP contribution in [-0.4, -0.2) is 66.6 Å². The molecule has 1 atom stereocenters. The zero-order valence-electron chi connectivity index (χ0n) is 23.5. The Morgan fingerprint density at radius 2 is 1.76 bits per heavy atom. The third kappa shape index (κ3) is 4.97. The van der Waals surface area contributed by atoms with Crippen LogP contribution in [0.25, 0.3) is 11.1 Å². The predicted molar refractivity (Wildman–Crippen MR) is 158 cm³/mol. The number of hydrogen-bond donors (Lipinski definition) is 4. The Morgan fingerprint density at radius 3 is 2.50 bits per heavy atom. The van der Waals surface area contributed by atoms with Crippen molar-refractivity contribution >= 4 is 34.9 Å². The van der Waals surface area contributed by atoms with Gasteiger partial charge in [0, 0.05) is 33.2 Å². The Hall–Kier alpha value is -4.06. The first-order chi connectivity index (χ1) is 20.1. The van der Waals surface area contributed by atoms with E-state index in [1.807, 2.05) is 24.3 Å². The fourth-order valence-electron chi connectivity index (χ4n) is 6.17. The predicted octanol–water partition coefficient (Wildman–Crippen LogP) is 2.73. The van der Waals surface area contributed by atoms with Gasteiger partial charge in [-0.1, -0.05) is 44.2 Å². The summed E-state index contributed by atoms with van der Waals surface area (Å²) in [6, 6.07) is 14.8. The molecule has 42 heavy (non-hydrogen) atoms. The Balaban J connectivity index is 1.13. The number of carbonyl (C=O) groups is 3. The monoisotopic (exact) mass is 587 g/mol. The lowest BCUT2D eigenvalue weighted by Gasteiger charge is -2.24. The van der Waals surface area contributed by atoms with Crippen molar-refractivity contribution in [2.75, 3.05) is 26.3 Å². The summed E-state index contributed by atoms with van der Waals surface area (Å²) in [7, 11) is 0. The molecule has 1 spiro atoms. The second kappa shape index (κ2) is 10.6. The number of carbonyl (C=O) groups excluding carboxylic acids is 3. The van der Waals surface area contributed by atoms with Gasteiger partial charge in [0.25, 0.3) is 5.91 Å². The van der Waals surface area contributed by atoms with Crippen LogP contribution in [0.2, 0.25) is 0 Å². The van der Waals surface area contributed by atoms with Crippen LogP contribution < -0.4 is 16.4 Å². The van der Waals surface area contributed by atoms with E-state index in [0.29, 0.717) is 24.3 Å². The van der Waals surface area contributed by atoms with Crippen LogP contribution in [0.5, 0.6) is 0 Å². The van der Waals surface area contributed by atoms with Crippen molar-refractivity contribution in [1.29, 1.82) is 5.41 Å². The molecule has 3 aromatic rings. The molecule has 5 N–H and O–H groups in total. The highest BCUT2D eigenvalue weighted by molar-refractivity contribution is 7.10. The van der Waals surface area contributed by atoms with Gasteiger partial charge in [-0.05, 0) is 40.5 Å². The summed E-state index contributed by atoms with van der Waals surface area (Å²) < 4.78 is 11.6. The van der Waals surface area contributed by atoms with E-state index in [1.165, 1.54) is 21.8 Å². The fourth-order valence-corrected chi connectivity index (χ4v) is 6.99. The van der Waals surface area contributed by atoms with Gasteiger partial charge in [-0.15, -0.1) is 11.3 Å². The highest BCUT2D eigenvalue weighted by Gasteiger charge is 2.52. The van der Waals surface area contributed by atoms with Gasteiger partial charge < -0.3 is 30.7 Å². The molecule has 3 amide bonds. The second-order valence-electron chi connectivity index (χ2n) is 11.4. The molecular formula is C31H33N5O5S. The lowest BCUT2D eigenvalue weighted by atomic mass is 9.82. The lowest BCUT2D eigenvalue weighted by Crippen LogP contribution is -2.49. The number of rotatable bonds is 7. The normalized spacial score (nSPS) is 19.4. The SMILES string of the molecule is CC1(C)c2ccccc2-c2cc(C(=O)NCC(=O)N3CC4(C[C@H]3C(=O)NCc3cc(C(=N)N)cs3)OCCO4)ccc21. The second-order valence-corrected chi connectivity index (χ2v) is 12.4. The molecular weight excluding hydrogens is 554 g/mol. The number of amidine groups is 1. The largest absolute Gasteiger partial charge is 0.384 e. The lowest BCUT2D eigenvalue weighted by molar-refractivity contribution is -0.152. The summed E-state index contributed by atoms with van der Waals surface area (Å²) in [6.45, 7) is 5.17. The maximum absolute atomic E-state index is 13.4. The summed E-state index contributed by atoms with van der Waals surface area (Å²) >= 11 is 1.39. The van der Waals surface area contributed by atoms with Gasteiger partial charge in [-0.3, -0.25) is 19.8 Å². The number of fused-ring (bicyclic) bond motifs is 3. The van der Waals surface area contributed by atoms with Crippen LogP contribution in [0.4, 0.5) is 0 Å². The molecule has 0 bridgehead atoms. The first kappa shape index (κ1) is 28.1. The van der Waals surface area contributed by atoms with E-state index in [0.717, 1.165) is 21.6 Å². The van der Waals surface area contributed by atoms with Gasteiger partial charge in [-0.2, -0.15) is 0 Å². The van der Waals surface area contributed by atoms with E-state index in [4.69, 9.17) is 20.6 Å². The van der Waals surface area contributed by atoms with Crippen LogP contribution in [0, 0.1) is 5.41 Å². The first-order valence-electron chi connectivity index (χ1n) is 13.9. The number of nitrogen functional groups attached to an aromatic ring is 1. The van der Waals surface area contributed by atoms with Gasteiger partial charge in [0.2, 0.25) is 11.8 Å². The van der Waals surface area contributed by atoms with E-state index in [9.17, 15) is 14.4 Å². The first-order valence-corrected chi connectivity index (χ1v) is 14.8. The van der Waals surface area contributed by atoms with E-state index < -0.39 is 17.7 Å². The Labute approximate surface area is 247 Å². The minimum Gasteiger partial charge on any atom is -0.384 e. The Kier molecular flexibility index (Phi) is 7.12. The molecule has 11 heteroatoms. The number of nitrogens with two attached hydrogens (primary N) is 1. The summed E-state index contributed by atoms with van der Waals surface area (Å²) in [5.74, 6) is -2.18. The van der Waals surface area contributed by atoms with Crippen LogP contribution in [0.1, 0.15) is 52.2 Å². The third-order valence-electron chi connectivity index (χ3n) is 8.38. The molecule has 0 unspecified atom stereocenters. The van der Waals surface area contributed by atoms with Crippen LogP contribution >= 0.6 is 11.3 Å². The third-order valence-corrected chi connectivity index (χ3v) is 9.31. The number of likely N-dealkylation sites (tertiary alicyclic amines) is 1. The number of ether oxygens (including phenoxy) is 2. The summed E-state index contributed by atoms with van der Waals surface area (Å²) in [5.41, 5.74) is 10.9. The standard InChI is InChI=1S/C31H33N5O5S/c1-30(2)23-6-4-3-5-21(23)22-12-18(7-8-24(22)30)28(38)35-15-26(37)36-17-31(40-9-10-41-31)13-25(36)29(39)34-14-20-11-19(16-42-20)27(32)33/h3-8,11-12,16,25H,9-10,13-15,17H2,1-2H3,(H3,32,33)(H,34,39)(H,35,38)/t25-/m0/s1. The average Bonchev–Trinajstić information content (AvgIpc) is 3.77. The number of benzene rings is 2. The molecule has 0 saturated carbocycles. The highest BCUT2D eigenvalue weighted by atomic mass is 32.1. The minimum absolute atomic E-state index is 0.0375.